The number of aliphatic carboxylic acids is 2. The van der Waals surface area contributed by atoms with E-state index in [-0.39, 0.29) is 23.7 Å². The van der Waals surface area contributed by atoms with Crippen molar-refractivity contribution in [3.05, 3.63) is 51.5 Å². The number of amides is 1. The summed E-state index contributed by atoms with van der Waals surface area (Å²) in [5, 5.41) is 23.4. The zero-order valence-corrected chi connectivity index (χ0v) is 20.8. The summed E-state index contributed by atoms with van der Waals surface area (Å²) in [4.78, 5) is 48.8. The number of hydrogen-bond acceptors (Lipinski definition) is 8. The Labute approximate surface area is 211 Å². The van der Waals surface area contributed by atoms with Gasteiger partial charge in [0.15, 0.2) is 11.6 Å². The molecule has 0 aliphatic carbocycles. The van der Waals surface area contributed by atoms with Crippen LogP contribution in [0.25, 0.3) is 0 Å². The van der Waals surface area contributed by atoms with E-state index in [4.69, 9.17) is 15.6 Å². The fourth-order valence-corrected chi connectivity index (χ4v) is 4.64. The summed E-state index contributed by atoms with van der Waals surface area (Å²) >= 11 is 1.08. The first-order valence-electron chi connectivity index (χ1n) is 11.3. The summed E-state index contributed by atoms with van der Waals surface area (Å²) in [6, 6.07) is 5.81. The molecule has 0 saturated heterocycles. The highest BCUT2D eigenvalue weighted by Gasteiger charge is 2.38. The molecule has 196 valence electrons. The minimum atomic E-state index is -1.56. The number of hydrogen-bond donors (Lipinski definition) is 5. The van der Waals surface area contributed by atoms with E-state index >= 15 is 0 Å². The highest BCUT2D eigenvalue weighted by molar-refractivity contribution is 7.14. The van der Waals surface area contributed by atoms with Gasteiger partial charge in [-0.05, 0) is 49.1 Å². The molecule has 12 heteroatoms. The molecule has 1 aromatic carbocycles. The lowest BCUT2D eigenvalue weighted by Gasteiger charge is -2.31. The lowest BCUT2D eigenvalue weighted by molar-refractivity contribution is -0.148. The zero-order chi connectivity index (χ0) is 26.9. The second-order valence-corrected chi connectivity index (χ2v) is 9.35. The van der Waals surface area contributed by atoms with Gasteiger partial charge in [-0.15, -0.1) is 11.3 Å². The van der Waals surface area contributed by atoms with Crippen LogP contribution in [0.2, 0.25) is 0 Å². The van der Waals surface area contributed by atoms with Gasteiger partial charge >= 0.3 is 17.9 Å². The standard InChI is InChI=1S/C24H30FN3O7S/c1-3-24(4-2,23(34)28-17(21(31)32)10-20(29)30)11-15-6-8-19(36-15)22(33)35-18-7-5-14(9-16(18)25)12-27-13-26/h5-9,17,27H,3-4,10-13,26H2,1-2H3,(H,28,34)(H,29,30)(H,31,32)/t17-/m0/s1. The van der Waals surface area contributed by atoms with E-state index in [0.717, 1.165) is 11.3 Å². The number of carbonyl (C=O) groups is 4. The average molecular weight is 524 g/mol. The number of rotatable bonds is 14. The number of esters is 1. The molecule has 0 saturated carbocycles. The zero-order valence-electron chi connectivity index (χ0n) is 20.0. The number of ether oxygens (including phenoxy) is 1. The minimum Gasteiger partial charge on any atom is -0.481 e. The average Bonchev–Trinajstić information content (AvgIpc) is 3.30. The number of thiophene rings is 1. The predicted molar refractivity (Wildman–Crippen MR) is 130 cm³/mol. The van der Waals surface area contributed by atoms with Crippen LogP contribution in [0.5, 0.6) is 5.75 Å². The maximum atomic E-state index is 14.3. The normalized spacial score (nSPS) is 12.1. The van der Waals surface area contributed by atoms with E-state index in [0.29, 0.717) is 29.8 Å². The highest BCUT2D eigenvalue weighted by Crippen LogP contribution is 2.34. The van der Waals surface area contributed by atoms with Crippen LogP contribution in [0.1, 0.15) is 53.2 Å². The Morgan fingerprint density at radius 1 is 1.14 bits per heavy atom. The van der Waals surface area contributed by atoms with Crippen molar-refractivity contribution in [2.24, 2.45) is 11.1 Å². The van der Waals surface area contributed by atoms with E-state index < -0.39 is 47.5 Å². The third-order valence-electron chi connectivity index (χ3n) is 5.87. The van der Waals surface area contributed by atoms with Crippen LogP contribution in [0.4, 0.5) is 4.39 Å². The molecule has 1 heterocycles. The summed E-state index contributed by atoms with van der Waals surface area (Å²) < 4.78 is 19.5. The lowest BCUT2D eigenvalue weighted by atomic mass is 9.77. The molecule has 1 atom stereocenters. The topological polar surface area (TPSA) is 168 Å². The van der Waals surface area contributed by atoms with Gasteiger partial charge in [-0.3, -0.25) is 9.59 Å². The van der Waals surface area contributed by atoms with Crippen molar-refractivity contribution in [1.29, 1.82) is 0 Å². The van der Waals surface area contributed by atoms with Crippen LogP contribution in [0.15, 0.2) is 30.3 Å². The Balaban J connectivity index is 2.14. The molecule has 0 radical (unpaired) electrons. The second-order valence-electron chi connectivity index (χ2n) is 8.18. The van der Waals surface area contributed by atoms with Gasteiger partial charge in [-0.2, -0.15) is 0 Å². The lowest BCUT2D eigenvalue weighted by Crippen LogP contribution is -2.49. The van der Waals surface area contributed by atoms with Crippen molar-refractivity contribution < 1.29 is 38.5 Å². The molecule has 0 bridgehead atoms. The molecule has 6 N–H and O–H groups in total. The van der Waals surface area contributed by atoms with E-state index in [1.807, 2.05) is 0 Å². The van der Waals surface area contributed by atoms with Crippen LogP contribution in [-0.2, 0) is 27.3 Å². The summed E-state index contributed by atoms with van der Waals surface area (Å²) in [6.07, 6.45) is 0.146. The molecule has 0 aliphatic heterocycles. The van der Waals surface area contributed by atoms with Gasteiger partial charge in [-0.25, -0.2) is 14.0 Å². The van der Waals surface area contributed by atoms with Crippen molar-refractivity contribution in [2.45, 2.75) is 52.1 Å². The fraction of sp³-hybridized carbons (Fsp3) is 0.417. The molecule has 1 amide bonds. The van der Waals surface area contributed by atoms with Crippen LogP contribution in [-0.4, -0.2) is 46.7 Å². The van der Waals surface area contributed by atoms with E-state index in [1.165, 1.54) is 18.2 Å². The van der Waals surface area contributed by atoms with E-state index in [1.54, 1.807) is 26.0 Å². The molecule has 10 nitrogen and oxygen atoms in total. The van der Waals surface area contributed by atoms with Crippen molar-refractivity contribution in [1.82, 2.24) is 10.6 Å². The number of benzene rings is 1. The van der Waals surface area contributed by atoms with Crippen molar-refractivity contribution in [3.63, 3.8) is 0 Å². The number of carboxylic acid groups (broad SMARTS) is 2. The molecular weight excluding hydrogens is 493 g/mol. The van der Waals surface area contributed by atoms with Crippen LogP contribution in [0.3, 0.4) is 0 Å². The summed E-state index contributed by atoms with van der Waals surface area (Å²) in [6.45, 7) is 4.15. The molecule has 0 aliphatic rings. The molecule has 2 rings (SSSR count). The summed E-state index contributed by atoms with van der Waals surface area (Å²) in [5.74, 6) is -5.04. The first kappa shape index (κ1) is 28.9. The summed E-state index contributed by atoms with van der Waals surface area (Å²) in [5.41, 5.74) is 4.98. The van der Waals surface area contributed by atoms with Crippen molar-refractivity contribution >= 4 is 35.2 Å². The van der Waals surface area contributed by atoms with E-state index in [9.17, 15) is 28.7 Å². The summed E-state index contributed by atoms with van der Waals surface area (Å²) in [7, 11) is 0. The molecule has 0 fully saturated rings. The number of nitrogens with one attached hydrogen (secondary N) is 2. The van der Waals surface area contributed by atoms with Gasteiger partial charge in [0.2, 0.25) is 5.91 Å². The SMILES string of the molecule is CCC(CC)(Cc1ccc(C(=O)Oc2ccc(CNCN)cc2F)s1)C(=O)N[C@@H](CC(=O)O)C(=O)O. The van der Waals surface area contributed by atoms with Crippen molar-refractivity contribution in [2.75, 3.05) is 6.67 Å². The molecule has 2 aromatic rings. The third-order valence-corrected chi connectivity index (χ3v) is 6.93. The van der Waals surface area contributed by atoms with Crippen LogP contribution >= 0.6 is 11.3 Å². The molecular formula is C24H30FN3O7S. The molecule has 1 aromatic heterocycles. The van der Waals surface area contributed by atoms with Gasteiger partial charge in [0.25, 0.3) is 0 Å². The van der Waals surface area contributed by atoms with Crippen LogP contribution < -0.4 is 21.1 Å². The van der Waals surface area contributed by atoms with E-state index in [2.05, 4.69) is 10.6 Å². The van der Waals surface area contributed by atoms with Gasteiger partial charge in [-0.1, -0.05) is 19.9 Å². The quantitative estimate of drug-likeness (QED) is 0.142. The maximum Gasteiger partial charge on any atom is 0.353 e. The fourth-order valence-electron chi connectivity index (χ4n) is 3.61. The number of nitrogens with two attached hydrogens (primary N) is 1. The Morgan fingerprint density at radius 3 is 2.39 bits per heavy atom. The monoisotopic (exact) mass is 523 g/mol. The molecule has 0 unspecified atom stereocenters. The largest absolute Gasteiger partial charge is 0.481 e. The van der Waals surface area contributed by atoms with Gasteiger partial charge < -0.3 is 31.3 Å². The second kappa shape index (κ2) is 13.1. The van der Waals surface area contributed by atoms with Gasteiger partial charge in [0.05, 0.1) is 11.8 Å². The third kappa shape index (κ3) is 7.57. The highest BCUT2D eigenvalue weighted by atomic mass is 32.1. The maximum absolute atomic E-state index is 14.3. The smallest absolute Gasteiger partial charge is 0.353 e. The first-order chi connectivity index (χ1) is 17.0. The van der Waals surface area contributed by atoms with Crippen molar-refractivity contribution in [3.8, 4) is 5.75 Å². The Morgan fingerprint density at radius 2 is 1.83 bits per heavy atom. The molecule has 0 spiro atoms. The van der Waals surface area contributed by atoms with Gasteiger partial charge in [0.1, 0.15) is 10.9 Å². The predicted octanol–water partition coefficient (Wildman–Crippen LogP) is 2.51. The molecule has 36 heavy (non-hydrogen) atoms. The minimum absolute atomic E-state index is 0.195. The number of carboxylic acids is 2. The number of carbonyl (C=O) groups excluding carboxylic acids is 2. The Bertz CT molecular complexity index is 1100. The Kier molecular flexibility index (Phi) is 10.5. The number of halogens is 1. The van der Waals surface area contributed by atoms with Crippen LogP contribution in [0, 0.1) is 11.2 Å². The first-order valence-corrected chi connectivity index (χ1v) is 12.1. The van der Waals surface area contributed by atoms with Gasteiger partial charge in [0, 0.05) is 18.1 Å². The Hall–Kier alpha value is -3.35.